The molecule has 0 aromatic carbocycles. The van der Waals surface area contributed by atoms with Crippen LogP contribution in [0.25, 0.3) is 0 Å². The van der Waals surface area contributed by atoms with Crippen LogP contribution in [-0.2, 0) is 0 Å². The van der Waals surface area contributed by atoms with Crippen LogP contribution in [0.3, 0.4) is 0 Å². The van der Waals surface area contributed by atoms with Crippen molar-refractivity contribution in [2.45, 2.75) is 65.0 Å². The highest BCUT2D eigenvalue weighted by molar-refractivity contribution is 4.86. The molecule has 0 bridgehead atoms. The smallest absolute Gasteiger partial charge is 0.0591 e. The van der Waals surface area contributed by atoms with Crippen molar-refractivity contribution >= 4 is 0 Å². The van der Waals surface area contributed by atoms with E-state index in [4.69, 9.17) is 5.73 Å². The lowest BCUT2D eigenvalue weighted by Crippen LogP contribution is -2.50. The molecule has 3 nitrogen and oxygen atoms in total. The molecule has 2 rings (SSSR count). The van der Waals surface area contributed by atoms with E-state index in [1.807, 2.05) is 0 Å². The number of likely N-dealkylation sites (tertiary alicyclic amines) is 1. The Bertz CT molecular complexity index is 283. The molecule has 1 aliphatic carbocycles. The Morgan fingerprint density at radius 3 is 2.42 bits per heavy atom. The van der Waals surface area contributed by atoms with Crippen LogP contribution in [0.5, 0.6) is 0 Å². The standard InChI is InChI=1S/C16H32N2O/c1-16(2,3)15(19)8-13-7-14(17)11-18(10-13)9-12-5-4-6-12/h12-15,19H,4-11,17H2,1-3H3. The molecule has 3 unspecified atom stereocenters. The number of nitrogens with two attached hydrogens (primary N) is 1. The lowest BCUT2D eigenvalue weighted by molar-refractivity contribution is 0.0203. The molecule has 2 fully saturated rings. The van der Waals surface area contributed by atoms with Crippen molar-refractivity contribution in [1.82, 2.24) is 4.90 Å². The molecular formula is C16H32N2O. The van der Waals surface area contributed by atoms with E-state index >= 15 is 0 Å². The first-order chi connectivity index (χ1) is 8.84. The van der Waals surface area contributed by atoms with Crippen LogP contribution in [0.1, 0.15) is 52.9 Å². The number of rotatable bonds is 4. The van der Waals surface area contributed by atoms with Gasteiger partial charge in [-0.3, -0.25) is 0 Å². The molecule has 2 aliphatic rings. The highest BCUT2D eigenvalue weighted by Gasteiger charge is 2.32. The fourth-order valence-corrected chi connectivity index (χ4v) is 3.38. The minimum atomic E-state index is -0.214. The third-order valence-corrected chi connectivity index (χ3v) is 4.94. The van der Waals surface area contributed by atoms with E-state index in [1.165, 1.54) is 25.8 Å². The molecule has 112 valence electrons. The number of hydrogen-bond acceptors (Lipinski definition) is 3. The lowest BCUT2D eigenvalue weighted by Gasteiger charge is -2.41. The van der Waals surface area contributed by atoms with Crippen LogP contribution in [0, 0.1) is 17.3 Å². The van der Waals surface area contributed by atoms with Gasteiger partial charge in [0.1, 0.15) is 0 Å². The molecule has 3 heteroatoms. The van der Waals surface area contributed by atoms with Gasteiger partial charge in [-0.25, -0.2) is 0 Å². The van der Waals surface area contributed by atoms with Gasteiger partial charge in [-0.05, 0) is 42.9 Å². The van der Waals surface area contributed by atoms with Crippen LogP contribution in [0.2, 0.25) is 0 Å². The molecule has 0 aromatic heterocycles. The van der Waals surface area contributed by atoms with Gasteiger partial charge in [0.15, 0.2) is 0 Å². The quantitative estimate of drug-likeness (QED) is 0.822. The maximum absolute atomic E-state index is 10.3. The second-order valence-electron chi connectivity index (χ2n) is 7.99. The van der Waals surface area contributed by atoms with Gasteiger partial charge in [0, 0.05) is 25.7 Å². The Balaban J connectivity index is 1.82. The summed E-state index contributed by atoms with van der Waals surface area (Å²) in [6.45, 7) is 9.78. The second-order valence-corrected chi connectivity index (χ2v) is 7.99. The summed E-state index contributed by atoms with van der Waals surface area (Å²) < 4.78 is 0. The van der Waals surface area contributed by atoms with Crippen molar-refractivity contribution in [3.8, 4) is 0 Å². The summed E-state index contributed by atoms with van der Waals surface area (Å²) in [7, 11) is 0. The third kappa shape index (κ3) is 4.44. The van der Waals surface area contributed by atoms with Crippen LogP contribution < -0.4 is 5.73 Å². The number of piperidine rings is 1. The van der Waals surface area contributed by atoms with Gasteiger partial charge in [-0.15, -0.1) is 0 Å². The van der Waals surface area contributed by atoms with Crippen molar-refractivity contribution in [3.63, 3.8) is 0 Å². The van der Waals surface area contributed by atoms with Crippen LogP contribution >= 0.6 is 0 Å². The first kappa shape index (κ1) is 15.3. The number of aliphatic hydroxyl groups excluding tert-OH is 1. The largest absolute Gasteiger partial charge is 0.393 e. The third-order valence-electron chi connectivity index (χ3n) is 4.94. The molecule has 1 heterocycles. The zero-order valence-electron chi connectivity index (χ0n) is 12.9. The van der Waals surface area contributed by atoms with Crippen LogP contribution in [-0.4, -0.2) is 41.8 Å². The molecule has 0 aromatic rings. The van der Waals surface area contributed by atoms with Gasteiger partial charge >= 0.3 is 0 Å². The molecule has 3 N–H and O–H groups in total. The van der Waals surface area contributed by atoms with Crippen molar-refractivity contribution in [2.24, 2.45) is 23.0 Å². The minimum absolute atomic E-state index is 0.0135. The van der Waals surface area contributed by atoms with E-state index in [2.05, 4.69) is 25.7 Å². The molecule has 0 radical (unpaired) electrons. The average Bonchev–Trinajstić information content (AvgIpc) is 2.21. The number of hydrogen-bond donors (Lipinski definition) is 2. The molecule has 0 amide bonds. The van der Waals surface area contributed by atoms with E-state index in [0.29, 0.717) is 12.0 Å². The van der Waals surface area contributed by atoms with E-state index in [0.717, 1.165) is 31.8 Å². The topological polar surface area (TPSA) is 49.5 Å². The summed E-state index contributed by atoms with van der Waals surface area (Å²) in [4.78, 5) is 2.55. The Morgan fingerprint density at radius 1 is 1.21 bits per heavy atom. The van der Waals surface area contributed by atoms with Gasteiger partial charge in [0.05, 0.1) is 6.10 Å². The van der Waals surface area contributed by atoms with Crippen LogP contribution in [0.4, 0.5) is 0 Å². The van der Waals surface area contributed by atoms with E-state index in [9.17, 15) is 5.11 Å². The summed E-state index contributed by atoms with van der Waals surface area (Å²) in [6, 6.07) is 0.297. The lowest BCUT2D eigenvalue weighted by atomic mass is 9.79. The van der Waals surface area contributed by atoms with Gasteiger partial charge in [-0.1, -0.05) is 27.2 Å². The molecular weight excluding hydrogens is 236 g/mol. The van der Waals surface area contributed by atoms with Gasteiger partial charge in [0.25, 0.3) is 0 Å². The molecule has 1 aliphatic heterocycles. The van der Waals surface area contributed by atoms with Gasteiger partial charge < -0.3 is 15.7 Å². The maximum Gasteiger partial charge on any atom is 0.0591 e. The Morgan fingerprint density at radius 2 is 1.89 bits per heavy atom. The zero-order valence-corrected chi connectivity index (χ0v) is 12.9. The molecule has 19 heavy (non-hydrogen) atoms. The predicted octanol–water partition coefficient (Wildman–Crippen LogP) is 2.23. The highest BCUT2D eigenvalue weighted by atomic mass is 16.3. The van der Waals surface area contributed by atoms with E-state index in [1.54, 1.807) is 0 Å². The zero-order chi connectivity index (χ0) is 14.0. The molecule has 1 saturated heterocycles. The van der Waals surface area contributed by atoms with Gasteiger partial charge in [-0.2, -0.15) is 0 Å². The number of aliphatic hydroxyl groups is 1. The van der Waals surface area contributed by atoms with Crippen LogP contribution in [0.15, 0.2) is 0 Å². The van der Waals surface area contributed by atoms with Crippen molar-refractivity contribution in [1.29, 1.82) is 0 Å². The highest BCUT2D eigenvalue weighted by Crippen LogP contribution is 2.31. The van der Waals surface area contributed by atoms with Crippen molar-refractivity contribution < 1.29 is 5.11 Å². The average molecular weight is 268 g/mol. The van der Waals surface area contributed by atoms with Crippen molar-refractivity contribution in [3.05, 3.63) is 0 Å². The second kappa shape index (κ2) is 6.11. The summed E-state index contributed by atoms with van der Waals surface area (Å²) in [5.41, 5.74) is 6.20. The molecule has 1 saturated carbocycles. The molecule has 0 spiro atoms. The summed E-state index contributed by atoms with van der Waals surface area (Å²) in [6.07, 6.45) is 5.99. The fourth-order valence-electron chi connectivity index (χ4n) is 3.38. The SMILES string of the molecule is CC(C)(C)C(O)CC1CC(N)CN(CC2CCC2)C1. The number of nitrogens with zero attached hydrogens (tertiary/aromatic N) is 1. The predicted molar refractivity (Wildman–Crippen MR) is 79.9 cm³/mol. The van der Waals surface area contributed by atoms with Gasteiger partial charge in [0.2, 0.25) is 0 Å². The minimum Gasteiger partial charge on any atom is -0.393 e. The maximum atomic E-state index is 10.3. The Hall–Kier alpha value is -0.120. The monoisotopic (exact) mass is 268 g/mol. The summed E-state index contributed by atoms with van der Waals surface area (Å²) >= 11 is 0. The molecule has 3 atom stereocenters. The van der Waals surface area contributed by atoms with E-state index < -0.39 is 0 Å². The summed E-state index contributed by atoms with van der Waals surface area (Å²) in [5, 5.41) is 10.3. The first-order valence-corrected chi connectivity index (χ1v) is 8.00. The fraction of sp³-hybridized carbons (Fsp3) is 1.00. The Kier molecular flexibility index (Phi) is 4.91. The summed E-state index contributed by atoms with van der Waals surface area (Å²) in [5.74, 6) is 1.48. The first-order valence-electron chi connectivity index (χ1n) is 8.00. The van der Waals surface area contributed by atoms with Crippen molar-refractivity contribution in [2.75, 3.05) is 19.6 Å². The van der Waals surface area contributed by atoms with E-state index in [-0.39, 0.29) is 11.5 Å². The normalized spacial score (nSPS) is 32.1. The Labute approximate surface area is 118 Å².